The molecule has 7 heteroatoms. The summed E-state index contributed by atoms with van der Waals surface area (Å²) in [6.45, 7) is 1.56. The first-order valence-electron chi connectivity index (χ1n) is 12.1. The standard InChI is InChI=1S/C29H28ClN3O3/c1-36-25-12-6-5-10-20(25)17-31-28(34)21-11-7-15-33(18-21)27-26(19-8-3-2-4-9-19)23-16-22(30)13-14-24(23)32-29(27)35/h2-6,8-10,12-14,16,21H,7,11,15,17-18H2,1H3,(H,31,34)(H,32,35). The number of methoxy groups -OCH3 is 1. The predicted molar refractivity (Wildman–Crippen MR) is 145 cm³/mol. The Morgan fingerprint density at radius 2 is 1.89 bits per heavy atom. The number of halogens is 1. The zero-order valence-electron chi connectivity index (χ0n) is 20.1. The first kappa shape index (κ1) is 23.9. The van der Waals surface area contributed by atoms with Crippen molar-refractivity contribution in [2.75, 3.05) is 25.1 Å². The molecule has 0 bridgehead atoms. The largest absolute Gasteiger partial charge is 0.496 e. The van der Waals surface area contributed by atoms with Crippen LogP contribution < -0.4 is 20.5 Å². The Balaban J connectivity index is 1.46. The number of amides is 1. The lowest BCUT2D eigenvalue weighted by Crippen LogP contribution is -2.44. The maximum absolute atomic E-state index is 13.4. The van der Waals surface area contributed by atoms with Crippen molar-refractivity contribution in [2.45, 2.75) is 19.4 Å². The van der Waals surface area contributed by atoms with E-state index in [1.165, 1.54) is 0 Å². The molecule has 1 amide bonds. The summed E-state index contributed by atoms with van der Waals surface area (Å²) in [4.78, 5) is 31.7. The van der Waals surface area contributed by atoms with E-state index in [1.807, 2.05) is 66.7 Å². The van der Waals surface area contributed by atoms with Gasteiger partial charge in [0.05, 0.1) is 13.0 Å². The molecule has 0 aliphatic carbocycles. The van der Waals surface area contributed by atoms with Crippen molar-refractivity contribution in [3.8, 4) is 16.9 Å². The molecule has 2 N–H and O–H groups in total. The van der Waals surface area contributed by atoms with Gasteiger partial charge < -0.3 is 19.9 Å². The number of anilines is 1. The maximum atomic E-state index is 13.4. The maximum Gasteiger partial charge on any atom is 0.272 e. The van der Waals surface area contributed by atoms with Crippen molar-refractivity contribution in [1.29, 1.82) is 0 Å². The monoisotopic (exact) mass is 501 g/mol. The van der Waals surface area contributed by atoms with Gasteiger partial charge in [0.15, 0.2) is 0 Å². The first-order valence-corrected chi connectivity index (χ1v) is 12.5. The molecule has 4 aromatic rings. The molecule has 5 rings (SSSR count). The molecule has 1 atom stereocenters. The van der Waals surface area contributed by atoms with Crippen molar-refractivity contribution in [1.82, 2.24) is 10.3 Å². The Bertz CT molecular complexity index is 1450. The van der Waals surface area contributed by atoms with Crippen molar-refractivity contribution in [3.63, 3.8) is 0 Å². The van der Waals surface area contributed by atoms with Gasteiger partial charge in [0.1, 0.15) is 11.4 Å². The first-order chi connectivity index (χ1) is 17.5. The molecule has 184 valence electrons. The van der Waals surface area contributed by atoms with Crippen LogP contribution in [0.15, 0.2) is 77.6 Å². The number of nitrogens with zero attached hydrogens (tertiary/aromatic N) is 1. The summed E-state index contributed by atoms with van der Waals surface area (Å²) in [7, 11) is 1.62. The van der Waals surface area contributed by atoms with E-state index in [0.29, 0.717) is 30.3 Å². The average Bonchev–Trinajstić information content (AvgIpc) is 2.92. The second-order valence-corrected chi connectivity index (χ2v) is 9.48. The van der Waals surface area contributed by atoms with E-state index in [-0.39, 0.29) is 17.4 Å². The van der Waals surface area contributed by atoms with E-state index in [2.05, 4.69) is 15.2 Å². The van der Waals surface area contributed by atoms with Gasteiger partial charge in [-0.05, 0) is 42.7 Å². The molecule has 1 unspecified atom stereocenters. The van der Waals surface area contributed by atoms with Crippen LogP contribution in [0, 0.1) is 5.92 Å². The Labute approximate surface area is 214 Å². The van der Waals surface area contributed by atoms with Gasteiger partial charge >= 0.3 is 0 Å². The molecule has 1 aliphatic heterocycles. The summed E-state index contributed by atoms with van der Waals surface area (Å²) >= 11 is 6.36. The highest BCUT2D eigenvalue weighted by atomic mass is 35.5. The second kappa shape index (κ2) is 10.5. The smallest absolute Gasteiger partial charge is 0.272 e. The van der Waals surface area contributed by atoms with Crippen LogP contribution in [0.3, 0.4) is 0 Å². The third-order valence-corrected chi connectivity index (χ3v) is 7.00. The Morgan fingerprint density at radius 1 is 1.11 bits per heavy atom. The van der Waals surface area contributed by atoms with Gasteiger partial charge in [-0.2, -0.15) is 0 Å². The molecule has 1 aromatic heterocycles. The van der Waals surface area contributed by atoms with Crippen LogP contribution in [0.1, 0.15) is 18.4 Å². The summed E-state index contributed by atoms with van der Waals surface area (Å²) < 4.78 is 5.40. The number of aromatic nitrogens is 1. The van der Waals surface area contributed by atoms with E-state index in [0.717, 1.165) is 46.2 Å². The van der Waals surface area contributed by atoms with Gasteiger partial charge in [0, 0.05) is 46.7 Å². The average molecular weight is 502 g/mol. The molecule has 0 spiro atoms. The highest BCUT2D eigenvalue weighted by Crippen LogP contribution is 2.37. The second-order valence-electron chi connectivity index (χ2n) is 9.05. The van der Waals surface area contributed by atoms with E-state index in [9.17, 15) is 9.59 Å². The molecule has 3 aromatic carbocycles. The van der Waals surface area contributed by atoms with Crippen LogP contribution in [-0.2, 0) is 11.3 Å². The Morgan fingerprint density at radius 3 is 2.69 bits per heavy atom. The summed E-state index contributed by atoms with van der Waals surface area (Å²) in [6, 6.07) is 23.0. The van der Waals surface area contributed by atoms with Crippen LogP contribution in [0.25, 0.3) is 22.0 Å². The molecule has 2 heterocycles. The molecule has 1 aliphatic rings. The number of fused-ring (bicyclic) bond motifs is 1. The van der Waals surface area contributed by atoms with Gasteiger partial charge in [-0.25, -0.2) is 0 Å². The third kappa shape index (κ3) is 4.82. The van der Waals surface area contributed by atoms with Gasteiger partial charge in [-0.1, -0.05) is 60.1 Å². The third-order valence-electron chi connectivity index (χ3n) is 6.77. The molecular weight excluding hydrogens is 474 g/mol. The van der Waals surface area contributed by atoms with Gasteiger partial charge in [-0.15, -0.1) is 0 Å². The molecule has 1 fully saturated rings. The van der Waals surface area contributed by atoms with Crippen molar-refractivity contribution in [3.05, 3.63) is 93.7 Å². The van der Waals surface area contributed by atoms with Crippen molar-refractivity contribution < 1.29 is 9.53 Å². The van der Waals surface area contributed by atoms with Crippen LogP contribution in [0.2, 0.25) is 5.02 Å². The van der Waals surface area contributed by atoms with Crippen LogP contribution in [0.5, 0.6) is 5.75 Å². The molecule has 36 heavy (non-hydrogen) atoms. The number of carbonyl (C=O) groups is 1. The topological polar surface area (TPSA) is 74.4 Å². The fourth-order valence-electron chi connectivity index (χ4n) is 5.02. The minimum atomic E-state index is -0.230. The van der Waals surface area contributed by atoms with E-state index >= 15 is 0 Å². The number of nitrogens with one attached hydrogen (secondary N) is 2. The number of aromatic amines is 1. The van der Waals surface area contributed by atoms with E-state index < -0.39 is 0 Å². The lowest BCUT2D eigenvalue weighted by atomic mass is 9.93. The van der Waals surface area contributed by atoms with E-state index in [1.54, 1.807) is 13.2 Å². The number of ether oxygens (including phenoxy) is 1. The number of rotatable bonds is 6. The number of piperidine rings is 1. The van der Waals surface area contributed by atoms with Crippen molar-refractivity contribution >= 4 is 34.1 Å². The number of benzene rings is 3. The molecule has 0 radical (unpaired) electrons. The Kier molecular flexibility index (Phi) is 6.96. The molecule has 0 saturated carbocycles. The normalized spacial score (nSPS) is 15.6. The van der Waals surface area contributed by atoms with Crippen molar-refractivity contribution in [2.24, 2.45) is 5.92 Å². The lowest BCUT2D eigenvalue weighted by Gasteiger charge is -2.34. The zero-order valence-corrected chi connectivity index (χ0v) is 20.8. The summed E-state index contributed by atoms with van der Waals surface area (Å²) in [6.07, 6.45) is 1.58. The number of carbonyl (C=O) groups excluding carboxylic acids is 1. The number of pyridine rings is 1. The Hall–Kier alpha value is -3.77. The summed E-state index contributed by atoms with van der Waals surface area (Å²) in [5.41, 5.74) is 3.85. The van der Waals surface area contributed by atoms with Crippen LogP contribution >= 0.6 is 11.6 Å². The number of hydrogen-bond acceptors (Lipinski definition) is 4. The predicted octanol–water partition coefficient (Wildman–Crippen LogP) is 5.39. The van der Waals surface area contributed by atoms with Crippen LogP contribution in [0.4, 0.5) is 5.69 Å². The number of H-pyrrole nitrogens is 1. The summed E-state index contributed by atoms with van der Waals surface area (Å²) in [5.74, 6) is 0.496. The quantitative estimate of drug-likeness (QED) is 0.371. The number of hydrogen-bond donors (Lipinski definition) is 2. The number of para-hydroxylation sites is 1. The van der Waals surface area contributed by atoms with E-state index in [4.69, 9.17) is 16.3 Å². The molecule has 6 nitrogen and oxygen atoms in total. The molecular formula is C29H28ClN3O3. The van der Waals surface area contributed by atoms with Crippen LogP contribution in [-0.4, -0.2) is 31.1 Å². The SMILES string of the molecule is COc1ccccc1CNC(=O)C1CCCN(c2c(-c3ccccc3)c3cc(Cl)ccc3[nH]c2=O)C1. The van der Waals surface area contributed by atoms with Gasteiger partial charge in [-0.3, -0.25) is 9.59 Å². The fraction of sp³-hybridized carbons (Fsp3) is 0.241. The lowest BCUT2D eigenvalue weighted by molar-refractivity contribution is -0.125. The van der Waals surface area contributed by atoms with Gasteiger partial charge in [0.25, 0.3) is 5.56 Å². The minimum absolute atomic E-state index is 0.0212. The fourth-order valence-corrected chi connectivity index (χ4v) is 5.20. The highest BCUT2D eigenvalue weighted by molar-refractivity contribution is 6.31. The summed E-state index contributed by atoms with van der Waals surface area (Å²) in [5, 5.41) is 4.55. The minimum Gasteiger partial charge on any atom is -0.496 e. The molecule has 1 saturated heterocycles. The zero-order chi connectivity index (χ0) is 25.1. The highest BCUT2D eigenvalue weighted by Gasteiger charge is 2.29. The van der Waals surface area contributed by atoms with Gasteiger partial charge in [0.2, 0.25) is 5.91 Å².